The number of rotatable bonds is 3. The van der Waals surface area contributed by atoms with E-state index in [2.05, 4.69) is 4.99 Å². The zero-order chi connectivity index (χ0) is 12.1. The van der Waals surface area contributed by atoms with Crippen molar-refractivity contribution < 1.29 is 9.42 Å². The van der Waals surface area contributed by atoms with Gasteiger partial charge in [-0.15, -0.1) is 0 Å². The fraction of sp³-hybridized carbons (Fsp3) is 0.222. The van der Waals surface area contributed by atoms with Crippen LogP contribution in [0.5, 0.6) is 0 Å². The molecular formula is C9H11FN4O2. The Labute approximate surface area is 91.1 Å². The van der Waals surface area contributed by atoms with Crippen molar-refractivity contribution in [3.05, 3.63) is 45.8 Å². The average Bonchev–Trinajstić information content (AvgIpc) is 2.16. The number of halogens is 1. The largest absolute Gasteiger partial charge is 0.365 e. The van der Waals surface area contributed by atoms with Crippen LogP contribution in [-0.2, 0) is 0 Å². The Morgan fingerprint density at radius 1 is 1.62 bits per heavy atom. The third kappa shape index (κ3) is 3.19. The molecule has 1 unspecified atom stereocenters. The molecule has 0 bridgehead atoms. The van der Waals surface area contributed by atoms with Crippen molar-refractivity contribution in [2.75, 3.05) is 0 Å². The van der Waals surface area contributed by atoms with E-state index in [1.807, 2.05) is 0 Å². The molecule has 0 radical (unpaired) electrons. The molecular weight excluding hydrogens is 215 g/mol. The van der Waals surface area contributed by atoms with Gasteiger partial charge < -0.3 is 5.73 Å². The third-order valence-corrected chi connectivity index (χ3v) is 1.89. The first-order valence-electron chi connectivity index (χ1n) is 4.49. The monoisotopic (exact) mass is 226 g/mol. The van der Waals surface area contributed by atoms with Crippen LogP contribution in [-0.4, -0.2) is 11.0 Å². The van der Waals surface area contributed by atoms with Crippen LogP contribution >= 0.6 is 0 Å². The summed E-state index contributed by atoms with van der Waals surface area (Å²) >= 11 is 0. The molecule has 1 rings (SSSR count). The number of nitrogens with two attached hydrogens (primary N) is 1. The quantitative estimate of drug-likeness (QED) is 0.347. The predicted molar refractivity (Wildman–Crippen MR) is 56.6 cm³/mol. The molecule has 6 nitrogen and oxygen atoms in total. The molecule has 0 aliphatic carbocycles. The van der Waals surface area contributed by atoms with Crippen molar-refractivity contribution in [3.8, 4) is 0 Å². The molecule has 0 saturated heterocycles. The van der Waals surface area contributed by atoms with Gasteiger partial charge in [0.15, 0.2) is 5.03 Å². The minimum Gasteiger partial charge on any atom is -0.365 e. The van der Waals surface area contributed by atoms with Crippen molar-refractivity contribution in [2.24, 2.45) is 10.7 Å². The van der Waals surface area contributed by atoms with Gasteiger partial charge in [-0.2, -0.15) is 0 Å². The molecule has 1 aromatic carbocycles. The highest BCUT2D eigenvalue weighted by atomic mass is 19.1. The molecule has 0 fully saturated rings. The number of hydrogen-bond donors (Lipinski definition) is 2. The van der Waals surface area contributed by atoms with Crippen LogP contribution in [0.25, 0.3) is 0 Å². The Bertz CT molecular complexity index is 422. The summed E-state index contributed by atoms with van der Waals surface area (Å²) in [5, 5.41) is 9.23. The van der Waals surface area contributed by atoms with E-state index in [0.29, 0.717) is 5.56 Å². The third-order valence-electron chi connectivity index (χ3n) is 1.89. The van der Waals surface area contributed by atoms with Gasteiger partial charge in [0.2, 0.25) is 0 Å². The highest BCUT2D eigenvalue weighted by Crippen LogP contribution is 2.19. The lowest BCUT2D eigenvalue weighted by Crippen LogP contribution is -2.36. The number of aliphatic imine (C=N–C) groups is 1. The molecule has 3 N–H and O–H groups in total. The SMILES string of the molecule is CC(N=C(N)N[N+](=O)[O-])c1ccccc1F. The van der Waals surface area contributed by atoms with Crippen LogP contribution in [0.15, 0.2) is 29.3 Å². The average molecular weight is 226 g/mol. The lowest BCUT2D eigenvalue weighted by atomic mass is 10.1. The van der Waals surface area contributed by atoms with E-state index in [1.165, 1.54) is 6.07 Å². The topological polar surface area (TPSA) is 93.5 Å². The number of benzene rings is 1. The van der Waals surface area contributed by atoms with Gasteiger partial charge in [0.25, 0.3) is 5.96 Å². The summed E-state index contributed by atoms with van der Waals surface area (Å²) in [4.78, 5) is 13.8. The van der Waals surface area contributed by atoms with Gasteiger partial charge in [-0.1, -0.05) is 23.6 Å². The minimum atomic E-state index is -0.826. The first-order chi connectivity index (χ1) is 7.50. The zero-order valence-corrected chi connectivity index (χ0v) is 8.55. The minimum absolute atomic E-state index is 0.329. The Kier molecular flexibility index (Phi) is 3.76. The normalized spacial score (nSPS) is 13.2. The molecule has 1 aromatic rings. The number of hydrogen-bond acceptors (Lipinski definition) is 3. The van der Waals surface area contributed by atoms with E-state index in [1.54, 1.807) is 30.5 Å². The van der Waals surface area contributed by atoms with Crippen molar-refractivity contribution >= 4 is 5.96 Å². The Morgan fingerprint density at radius 3 is 2.81 bits per heavy atom. The number of nitro groups is 1. The number of nitrogens with zero attached hydrogens (tertiary/aromatic N) is 2. The summed E-state index contributed by atoms with van der Waals surface area (Å²) in [5.41, 5.74) is 7.26. The zero-order valence-electron chi connectivity index (χ0n) is 8.55. The van der Waals surface area contributed by atoms with Gasteiger partial charge in [-0.3, -0.25) is 0 Å². The van der Waals surface area contributed by atoms with Crippen molar-refractivity contribution in [2.45, 2.75) is 13.0 Å². The Morgan fingerprint density at radius 2 is 2.25 bits per heavy atom. The van der Waals surface area contributed by atoms with Crippen molar-refractivity contribution in [1.29, 1.82) is 0 Å². The molecule has 0 aliphatic rings. The molecule has 0 amide bonds. The highest BCUT2D eigenvalue weighted by molar-refractivity contribution is 5.76. The number of hydrazine groups is 1. The van der Waals surface area contributed by atoms with Crippen LogP contribution < -0.4 is 11.2 Å². The number of nitrogens with one attached hydrogen (secondary N) is 1. The van der Waals surface area contributed by atoms with Crippen LogP contribution in [0.4, 0.5) is 4.39 Å². The van der Waals surface area contributed by atoms with Gasteiger partial charge in [-0.25, -0.2) is 19.5 Å². The number of guanidine groups is 1. The Balaban J connectivity index is 2.83. The molecule has 0 aliphatic heterocycles. The second-order valence-corrected chi connectivity index (χ2v) is 3.08. The predicted octanol–water partition coefficient (Wildman–Crippen LogP) is 0.983. The van der Waals surface area contributed by atoms with E-state index >= 15 is 0 Å². The summed E-state index contributed by atoms with van der Waals surface area (Å²) in [6.45, 7) is 1.59. The van der Waals surface area contributed by atoms with E-state index in [4.69, 9.17) is 5.73 Å². The summed E-state index contributed by atoms with van der Waals surface area (Å²) in [7, 11) is 0. The summed E-state index contributed by atoms with van der Waals surface area (Å²) in [6.07, 6.45) is 0. The van der Waals surface area contributed by atoms with Gasteiger partial charge in [0.1, 0.15) is 5.82 Å². The first-order valence-corrected chi connectivity index (χ1v) is 4.49. The lowest BCUT2D eigenvalue weighted by molar-refractivity contribution is -0.525. The first kappa shape index (κ1) is 11.9. The summed E-state index contributed by atoms with van der Waals surface area (Å²) < 4.78 is 13.3. The summed E-state index contributed by atoms with van der Waals surface area (Å²) in [5.74, 6) is -0.784. The van der Waals surface area contributed by atoms with Crippen molar-refractivity contribution in [3.63, 3.8) is 0 Å². The van der Waals surface area contributed by atoms with E-state index in [-0.39, 0.29) is 5.96 Å². The maximum Gasteiger partial charge on any atom is 0.252 e. The standard InChI is InChI=1S/C9H11FN4O2/c1-6(12-9(11)13-14(15)16)7-4-2-3-5-8(7)10/h2-6H,1H3,(H3,11,12,13). The molecule has 0 heterocycles. The van der Waals surface area contributed by atoms with E-state index in [0.717, 1.165) is 0 Å². The van der Waals surface area contributed by atoms with Gasteiger partial charge >= 0.3 is 0 Å². The van der Waals surface area contributed by atoms with Crippen molar-refractivity contribution in [1.82, 2.24) is 5.43 Å². The molecule has 1 atom stereocenters. The maximum absolute atomic E-state index is 13.3. The Hall–Kier alpha value is -2.18. The smallest absolute Gasteiger partial charge is 0.252 e. The van der Waals surface area contributed by atoms with Crippen LogP contribution in [0.1, 0.15) is 18.5 Å². The molecule has 7 heteroatoms. The van der Waals surface area contributed by atoms with E-state index < -0.39 is 16.9 Å². The second kappa shape index (κ2) is 5.06. The molecule has 86 valence electrons. The summed E-state index contributed by atoms with van der Waals surface area (Å²) in [6, 6.07) is 5.45. The van der Waals surface area contributed by atoms with E-state index in [9.17, 15) is 14.5 Å². The van der Waals surface area contributed by atoms with Gasteiger partial charge in [-0.05, 0) is 13.0 Å². The van der Waals surface area contributed by atoms with Gasteiger partial charge in [0, 0.05) is 5.56 Å². The molecule has 0 spiro atoms. The lowest BCUT2D eigenvalue weighted by Gasteiger charge is -2.08. The van der Waals surface area contributed by atoms with Gasteiger partial charge in [0.05, 0.1) is 6.04 Å². The molecule has 0 aromatic heterocycles. The fourth-order valence-corrected chi connectivity index (χ4v) is 1.21. The molecule has 16 heavy (non-hydrogen) atoms. The van der Waals surface area contributed by atoms with Crippen LogP contribution in [0.2, 0.25) is 0 Å². The highest BCUT2D eigenvalue weighted by Gasteiger charge is 2.10. The second-order valence-electron chi connectivity index (χ2n) is 3.08. The molecule has 0 saturated carbocycles. The van der Waals surface area contributed by atoms with Crippen LogP contribution in [0.3, 0.4) is 0 Å². The fourth-order valence-electron chi connectivity index (χ4n) is 1.21. The van der Waals surface area contributed by atoms with Crippen LogP contribution in [0, 0.1) is 15.9 Å². The maximum atomic E-state index is 13.3.